The standard InChI is InChI=1S/C28H31N3O4/c1-19-9-11-22(17-20(19)2)35-16-15-31-24-8-6-5-7-23(24)30-27(31)13-14-29-28(32)21-10-12-25(33-3)26(18-21)34-4/h5-12,17-18H,13-16H2,1-4H3,(H,29,32). The lowest BCUT2D eigenvalue weighted by molar-refractivity contribution is 0.0953. The Bertz CT molecular complexity index is 1330. The molecule has 0 aliphatic rings. The summed E-state index contributed by atoms with van der Waals surface area (Å²) in [5.41, 5.74) is 4.95. The number of methoxy groups -OCH3 is 2. The normalized spacial score (nSPS) is 10.9. The topological polar surface area (TPSA) is 74.6 Å². The average Bonchev–Trinajstić information content (AvgIpc) is 3.23. The zero-order valence-corrected chi connectivity index (χ0v) is 20.6. The summed E-state index contributed by atoms with van der Waals surface area (Å²) in [7, 11) is 3.12. The summed E-state index contributed by atoms with van der Waals surface area (Å²) >= 11 is 0. The molecule has 0 saturated heterocycles. The monoisotopic (exact) mass is 473 g/mol. The smallest absolute Gasteiger partial charge is 0.251 e. The van der Waals surface area contributed by atoms with Gasteiger partial charge in [-0.1, -0.05) is 18.2 Å². The van der Waals surface area contributed by atoms with Gasteiger partial charge < -0.3 is 24.1 Å². The van der Waals surface area contributed by atoms with Crippen LogP contribution < -0.4 is 19.5 Å². The molecule has 1 amide bonds. The summed E-state index contributed by atoms with van der Waals surface area (Å²) < 4.78 is 18.7. The molecule has 182 valence electrons. The molecular formula is C28H31N3O4. The Labute approximate surface area is 205 Å². The molecular weight excluding hydrogens is 442 g/mol. The predicted octanol–water partition coefficient (Wildman–Crippen LogP) is 4.72. The van der Waals surface area contributed by atoms with E-state index in [0.29, 0.717) is 43.2 Å². The van der Waals surface area contributed by atoms with Crippen molar-refractivity contribution in [3.8, 4) is 17.2 Å². The van der Waals surface area contributed by atoms with Crippen LogP contribution in [0.5, 0.6) is 17.2 Å². The highest BCUT2D eigenvalue weighted by Gasteiger charge is 2.13. The molecule has 4 aromatic rings. The van der Waals surface area contributed by atoms with Crippen molar-refractivity contribution in [1.29, 1.82) is 0 Å². The molecule has 1 heterocycles. The third-order valence-electron chi connectivity index (χ3n) is 6.08. The number of hydrogen-bond acceptors (Lipinski definition) is 5. The molecule has 0 unspecified atom stereocenters. The molecule has 3 aromatic carbocycles. The first kappa shape index (κ1) is 24.1. The van der Waals surface area contributed by atoms with Gasteiger partial charge in [0.25, 0.3) is 5.91 Å². The van der Waals surface area contributed by atoms with E-state index in [1.165, 1.54) is 11.1 Å². The van der Waals surface area contributed by atoms with E-state index in [9.17, 15) is 4.79 Å². The van der Waals surface area contributed by atoms with Crippen LogP contribution in [0, 0.1) is 13.8 Å². The number of carbonyl (C=O) groups excluding carboxylic acids is 1. The van der Waals surface area contributed by atoms with Gasteiger partial charge in [0.15, 0.2) is 11.5 Å². The number of rotatable bonds is 10. The van der Waals surface area contributed by atoms with E-state index in [0.717, 1.165) is 22.6 Å². The lowest BCUT2D eigenvalue weighted by Crippen LogP contribution is -2.26. The first-order valence-electron chi connectivity index (χ1n) is 11.6. The lowest BCUT2D eigenvalue weighted by atomic mass is 10.1. The number of carbonyl (C=O) groups is 1. The van der Waals surface area contributed by atoms with E-state index in [4.69, 9.17) is 19.2 Å². The number of aromatic nitrogens is 2. The van der Waals surface area contributed by atoms with Gasteiger partial charge in [-0.3, -0.25) is 4.79 Å². The first-order valence-corrected chi connectivity index (χ1v) is 11.6. The minimum atomic E-state index is -0.174. The van der Waals surface area contributed by atoms with Crippen molar-refractivity contribution in [3.05, 3.63) is 83.2 Å². The van der Waals surface area contributed by atoms with Crippen LogP contribution in [0.15, 0.2) is 60.7 Å². The molecule has 0 fully saturated rings. The van der Waals surface area contributed by atoms with Crippen molar-refractivity contribution >= 4 is 16.9 Å². The van der Waals surface area contributed by atoms with Gasteiger partial charge >= 0.3 is 0 Å². The lowest BCUT2D eigenvalue weighted by Gasteiger charge is -2.12. The highest BCUT2D eigenvalue weighted by Crippen LogP contribution is 2.27. The van der Waals surface area contributed by atoms with Crippen LogP contribution in [0.2, 0.25) is 0 Å². The molecule has 7 nitrogen and oxygen atoms in total. The Balaban J connectivity index is 1.42. The second kappa shape index (κ2) is 11.0. The van der Waals surface area contributed by atoms with Gasteiger partial charge in [-0.05, 0) is 67.4 Å². The SMILES string of the molecule is COc1ccc(C(=O)NCCc2nc3ccccc3n2CCOc2ccc(C)c(C)c2)cc1OC. The highest BCUT2D eigenvalue weighted by atomic mass is 16.5. The van der Waals surface area contributed by atoms with Gasteiger partial charge in [0, 0.05) is 18.5 Å². The Morgan fingerprint density at radius 1 is 0.943 bits per heavy atom. The van der Waals surface area contributed by atoms with Gasteiger partial charge in [-0.15, -0.1) is 0 Å². The Morgan fingerprint density at radius 3 is 2.51 bits per heavy atom. The van der Waals surface area contributed by atoms with Crippen LogP contribution in [0.3, 0.4) is 0 Å². The summed E-state index contributed by atoms with van der Waals surface area (Å²) in [6.45, 7) is 5.81. The molecule has 0 saturated carbocycles. The van der Waals surface area contributed by atoms with Crippen LogP contribution in [-0.4, -0.2) is 42.8 Å². The minimum Gasteiger partial charge on any atom is -0.493 e. The van der Waals surface area contributed by atoms with Gasteiger partial charge in [0.05, 0.1) is 31.8 Å². The molecule has 7 heteroatoms. The van der Waals surface area contributed by atoms with Crippen LogP contribution in [0.4, 0.5) is 0 Å². The van der Waals surface area contributed by atoms with Crippen LogP contribution in [0.25, 0.3) is 11.0 Å². The van der Waals surface area contributed by atoms with Gasteiger partial charge in [-0.25, -0.2) is 4.98 Å². The molecule has 0 aliphatic heterocycles. The van der Waals surface area contributed by atoms with E-state index >= 15 is 0 Å². The van der Waals surface area contributed by atoms with Crippen molar-refractivity contribution in [2.45, 2.75) is 26.8 Å². The fourth-order valence-electron chi connectivity index (χ4n) is 3.99. The summed E-state index contributed by atoms with van der Waals surface area (Å²) in [4.78, 5) is 17.5. The van der Waals surface area contributed by atoms with E-state index in [1.807, 2.05) is 24.3 Å². The van der Waals surface area contributed by atoms with Gasteiger partial charge in [0.2, 0.25) is 0 Å². The average molecular weight is 474 g/mol. The molecule has 0 bridgehead atoms. The third-order valence-corrected chi connectivity index (χ3v) is 6.08. The van der Waals surface area contributed by atoms with Crippen molar-refractivity contribution < 1.29 is 19.0 Å². The molecule has 0 spiro atoms. The zero-order chi connectivity index (χ0) is 24.8. The van der Waals surface area contributed by atoms with Crippen molar-refractivity contribution in [2.75, 3.05) is 27.4 Å². The van der Waals surface area contributed by atoms with E-state index in [-0.39, 0.29) is 5.91 Å². The third kappa shape index (κ3) is 5.57. The maximum Gasteiger partial charge on any atom is 0.251 e. The Morgan fingerprint density at radius 2 is 1.74 bits per heavy atom. The summed E-state index contributed by atoms with van der Waals surface area (Å²) in [6.07, 6.45) is 0.595. The summed E-state index contributed by atoms with van der Waals surface area (Å²) in [5.74, 6) is 2.70. The number of benzene rings is 3. The Hall–Kier alpha value is -4.00. The number of amides is 1. The van der Waals surface area contributed by atoms with Crippen LogP contribution in [-0.2, 0) is 13.0 Å². The van der Waals surface area contributed by atoms with E-state index in [2.05, 4.69) is 41.9 Å². The van der Waals surface area contributed by atoms with E-state index in [1.54, 1.807) is 32.4 Å². The molecule has 1 aromatic heterocycles. The Kier molecular flexibility index (Phi) is 7.55. The maximum absolute atomic E-state index is 12.7. The van der Waals surface area contributed by atoms with Crippen LogP contribution in [0.1, 0.15) is 27.3 Å². The fourth-order valence-corrected chi connectivity index (χ4v) is 3.99. The second-order valence-electron chi connectivity index (χ2n) is 8.34. The number of nitrogens with one attached hydrogen (secondary N) is 1. The van der Waals surface area contributed by atoms with Gasteiger partial charge in [-0.2, -0.15) is 0 Å². The van der Waals surface area contributed by atoms with Crippen LogP contribution >= 0.6 is 0 Å². The number of nitrogens with zero attached hydrogens (tertiary/aromatic N) is 2. The van der Waals surface area contributed by atoms with Crippen molar-refractivity contribution in [1.82, 2.24) is 14.9 Å². The van der Waals surface area contributed by atoms with Gasteiger partial charge in [0.1, 0.15) is 18.2 Å². The quantitative estimate of drug-likeness (QED) is 0.361. The molecule has 1 N–H and O–H groups in total. The number of imidazole rings is 1. The molecule has 0 radical (unpaired) electrons. The molecule has 0 aliphatic carbocycles. The summed E-state index contributed by atoms with van der Waals surface area (Å²) in [5, 5.41) is 2.98. The van der Waals surface area contributed by atoms with Crippen molar-refractivity contribution in [3.63, 3.8) is 0 Å². The predicted molar refractivity (Wildman–Crippen MR) is 137 cm³/mol. The number of fused-ring (bicyclic) bond motifs is 1. The van der Waals surface area contributed by atoms with Crippen molar-refractivity contribution in [2.24, 2.45) is 0 Å². The summed E-state index contributed by atoms with van der Waals surface area (Å²) in [6, 6.07) is 19.3. The highest BCUT2D eigenvalue weighted by molar-refractivity contribution is 5.94. The van der Waals surface area contributed by atoms with E-state index < -0.39 is 0 Å². The number of para-hydroxylation sites is 2. The molecule has 0 atom stereocenters. The maximum atomic E-state index is 12.7. The minimum absolute atomic E-state index is 0.174. The molecule has 4 rings (SSSR count). The zero-order valence-electron chi connectivity index (χ0n) is 20.6. The largest absolute Gasteiger partial charge is 0.493 e. The number of hydrogen-bond donors (Lipinski definition) is 1. The fraction of sp³-hybridized carbons (Fsp3) is 0.286. The number of ether oxygens (including phenoxy) is 3. The molecule has 35 heavy (non-hydrogen) atoms. The first-order chi connectivity index (χ1) is 17.0. The second-order valence-corrected chi connectivity index (χ2v) is 8.34. The number of aryl methyl sites for hydroxylation is 2.